The van der Waals surface area contributed by atoms with E-state index >= 15 is 0 Å². The van der Waals surface area contributed by atoms with Gasteiger partial charge in [-0.1, -0.05) is 40.2 Å². The molecule has 7 heteroatoms. The van der Waals surface area contributed by atoms with Gasteiger partial charge in [-0.2, -0.15) is 0 Å². The zero-order valence-electron chi connectivity index (χ0n) is 14.5. The number of carbonyl (C=O) groups excluding carboxylic acids is 3. The normalized spacial score (nSPS) is 12.0. The first kappa shape index (κ1) is 20.9. The largest absolute Gasteiger partial charge is 0.456 e. The van der Waals surface area contributed by atoms with Gasteiger partial charge in [-0.3, -0.25) is 4.79 Å². The lowest BCUT2D eigenvalue weighted by molar-refractivity contribution is -0.144. The van der Waals surface area contributed by atoms with Crippen LogP contribution in [-0.2, 0) is 14.3 Å². The predicted octanol–water partition coefficient (Wildman–Crippen LogP) is 3.64. The molecule has 0 spiro atoms. The highest BCUT2D eigenvalue weighted by molar-refractivity contribution is 9.10. The van der Waals surface area contributed by atoms with Gasteiger partial charge in [0.2, 0.25) is 5.78 Å². The first-order valence-electron chi connectivity index (χ1n) is 7.69. The van der Waals surface area contributed by atoms with Crippen molar-refractivity contribution in [2.75, 3.05) is 6.61 Å². The maximum absolute atomic E-state index is 12.2. The molecule has 0 bridgehead atoms. The molecule has 1 aromatic carbocycles. The maximum atomic E-state index is 12.2. The number of ketones is 1. The van der Waals surface area contributed by atoms with Crippen LogP contribution in [0.15, 0.2) is 41.4 Å². The molecular weight excluding hydrogens is 390 g/mol. The predicted molar refractivity (Wildman–Crippen MR) is 97.4 cm³/mol. The third-order valence-electron chi connectivity index (χ3n) is 2.90. The summed E-state index contributed by atoms with van der Waals surface area (Å²) in [5, 5.41) is 2.42. The molecule has 0 radical (unpaired) electrons. The number of esters is 1. The summed E-state index contributed by atoms with van der Waals surface area (Å²) in [6, 6.07) is 5.86. The van der Waals surface area contributed by atoms with Crippen LogP contribution in [0.5, 0.6) is 0 Å². The highest BCUT2D eigenvalue weighted by Gasteiger charge is 2.25. The topological polar surface area (TPSA) is 81.7 Å². The SMILES string of the molecule is C=CC[C@H](NC(=O)OC(C)(C)C)C(=O)OCC(=O)c1ccccc1Br. The number of ether oxygens (including phenoxy) is 2. The molecule has 0 aliphatic rings. The van der Waals surface area contributed by atoms with Gasteiger partial charge in [0.25, 0.3) is 0 Å². The monoisotopic (exact) mass is 411 g/mol. The lowest BCUT2D eigenvalue weighted by Gasteiger charge is -2.22. The quantitative estimate of drug-likeness (QED) is 0.420. The van der Waals surface area contributed by atoms with Crippen molar-refractivity contribution in [3.05, 3.63) is 47.0 Å². The van der Waals surface area contributed by atoms with Crippen molar-refractivity contribution in [3.8, 4) is 0 Å². The molecule has 1 N–H and O–H groups in total. The van der Waals surface area contributed by atoms with Gasteiger partial charge < -0.3 is 14.8 Å². The Morgan fingerprint density at radius 3 is 2.48 bits per heavy atom. The number of nitrogens with one attached hydrogen (secondary N) is 1. The average Bonchev–Trinajstić information content (AvgIpc) is 2.50. The molecule has 1 rings (SSSR count). The molecule has 1 atom stereocenters. The van der Waals surface area contributed by atoms with E-state index in [9.17, 15) is 14.4 Å². The van der Waals surface area contributed by atoms with Gasteiger partial charge in [0.05, 0.1) is 0 Å². The maximum Gasteiger partial charge on any atom is 0.408 e. The van der Waals surface area contributed by atoms with Gasteiger partial charge in [0.1, 0.15) is 11.6 Å². The number of hydrogen-bond donors (Lipinski definition) is 1. The minimum atomic E-state index is -0.973. The number of rotatable bonds is 7. The average molecular weight is 412 g/mol. The van der Waals surface area contributed by atoms with E-state index in [0.717, 1.165) is 0 Å². The molecule has 6 nitrogen and oxygen atoms in total. The third kappa shape index (κ3) is 7.51. The molecular formula is C18H22BrNO5. The second kappa shape index (κ2) is 9.36. The number of alkyl carbamates (subject to hydrolysis) is 1. The van der Waals surface area contributed by atoms with Gasteiger partial charge in [0.15, 0.2) is 6.61 Å². The highest BCUT2D eigenvalue weighted by Crippen LogP contribution is 2.16. The molecule has 1 aromatic rings. The van der Waals surface area contributed by atoms with Gasteiger partial charge in [-0.05, 0) is 33.3 Å². The van der Waals surface area contributed by atoms with E-state index in [1.54, 1.807) is 45.0 Å². The Hall–Kier alpha value is -2.15. The van der Waals surface area contributed by atoms with E-state index in [4.69, 9.17) is 9.47 Å². The molecule has 136 valence electrons. The first-order chi connectivity index (χ1) is 11.6. The molecule has 0 fully saturated rings. The van der Waals surface area contributed by atoms with Crippen molar-refractivity contribution in [1.29, 1.82) is 0 Å². The van der Waals surface area contributed by atoms with Crippen molar-refractivity contribution in [2.24, 2.45) is 0 Å². The molecule has 0 heterocycles. The molecule has 0 saturated heterocycles. The van der Waals surface area contributed by atoms with Crippen molar-refractivity contribution in [2.45, 2.75) is 38.8 Å². The molecule has 0 aromatic heterocycles. The molecule has 0 aliphatic heterocycles. The van der Waals surface area contributed by atoms with E-state index in [2.05, 4.69) is 27.8 Å². The summed E-state index contributed by atoms with van der Waals surface area (Å²) in [6.45, 7) is 8.26. The summed E-state index contributed by atoms with van der Waals surface area (Å²) in [4.78, 5) is 36.1. The summed E-state index contributed by atoms with van der Waals surface area (Å²) in [5.74, 6) is -1.08. The number of benzene rings is 1. The number of Topliss-reactive ketones (excluding diaryl/α,β-unsaturated/α-hetero) is 1. The smallest absolute Gasteiger partial charge is 0.408 e. The molecule has 0 saturated carbocycles. The van der Waals surface area contributed by atoms with Crippen LogP contribution in [0.1, 0.15) is 37.6 Å². The standard InChI is InChI=1S/C18H22BrNO5/c1-5-8-14(20-17(23)25-18(2,3)4)16(22)24-11-15(21)12-9-6-7-10-13(12)19/h5-7,9-10,14H,1,8,11H2,2-4H3,(H,20,23)/t14-/m0/s1. The number of carbonyl (C=O) groups is 3. The van der Waals surface area contributed by atoms with E-state index in [1.165, 1.54) is 6.08 Å². The Morgan fingerprint density at radius 1 is 1.28 bits per heavy atom. The van der Waals surface area contributed by atoms with Gasteiger partial charge in [0, 0.05) is 10.0 Å². The van der Waals surface area contributed by atoms with Crippen molar-refractivity contribution in [3.63, 3.8) is 0 Å². The van der Waals surface area contributed by atoms with Crippen LogP contribution < -0.4 is 5.32 Å². The number of amides is 1. The second-order valence-electron chi connectivity index (χ2n) is 6.23. The van der Waals surface area contributed by atoms with Crippen LogP contribution >= 0.6 is 15.9 Å². The Labute approximate surface area is 155 Å². The summed E-state index contributed by atoms with van der Waals surface area (Å²) in [7, 11) is 0. The van der Waals surface area contributed by atoms with Crippen LogP contribution in [0.25, 0.3) is 0 Å². The summed E-state index contributed by atoms with van der Waals surface area (Å²) in [5.41, 5.74) is -0.280. The summed E-state index contributed by atoms with van der Waals surface area (Å²) >= 11 is 3.27. The minimum Gasteiger partial charge on any atom is -0.456 e. The Bertz CT molecular complexity index is 651. The van der Waals surface area contributed by atoms with Crippen LogP contribution in [0.2, 0.25) is 0 Å². The highest BCUT2D eigenvalue weighted by atomic mass is 79.9. The Morgan fingerprint density at radius 2 is 1.92 bits per heavy atom. The van der Waals surface area contributed by atoms with Crippen molar-refractivity contribution in [1.82, 2.24) is 5.32 Å². The van der Waals surface area contributed by atoms with Gasteiger partial charge in [-0.25, -0.2) is 9.59 Å². The lowest BCUT2D eigenvalue weighted by Crippen LogP contribution is -2.44. The van der Waals surface area contributed by atoms with Crippen LogP contribution in [0.4, 0.5) is 4.79 Å². The fraction of sp³-hybridized carbons (Fsp3) is 0.389. The van der Waals surface area contributed by atoms with Crippen molar-refractivity contribution >= 4 is 33.8 Å². The molecule has 0 unspecified atom stereocenters. The summed E-state index contributed by atoms with van der Waals surface area (Å²) in [6.07, 6.45) is 0.883. The third-order valence-corrected chi connectivity index (χ3v) is 3.59. The van der Waals surface area contributed by atoms with Crippen molar-refractivity contribution < 1.29 is 23.9 Å². The molecule has 1 amide bonds. The fourth-order valence-electron chi connectivity index (χ4n) is 1.83. The van der Waals surface area contributed by atoms with Crippen LogP contribution in [-0.4, -0.2) is 36.1 Å². The lowest BCUT2D eigenvalue weighted by atomic mass is 10.1. The second-order valence-corrected chi connectivity index (χ2v) is 7.09. The minimum absolute atomic E-state index is 0.154. The Balaban J connectivity index is 2.64. The zero-order chi connectivity index (χ0) is 19.0. The Kier molecular flexibility index (Phi) is 7.83. The zero-order valence-corrected chi connectivity index (χ0v) is 16.1. The first-order valence-corrected chi connectivity index (χ1v) is 8.48. The molecule has 0 aliphatic carbocycles. The van der Waals surface area contributed by atoms with E-state index in [1.807, 2.05) is 0 Å². The van der Waals surface area contributed by atoms with E-state index in [0.29, 0.717) is 10.0 Å². The fourth-order valence-corrected chi connectivity index (χ4v) is 2.34. The van der Waals surface area contributed by atoms with E-state index in [-0.39, 0.29) is 12.2 Å². The molecule has 25 heavy (non-hydrogen) atoms. The van der Waals surface area contributed by atoms with Gasteiger partial charge in [-0.15, -0.1) is 6.58 Å². The van der Waals surface area contributed by atoms with Crippen LogP contribution in [0.3, 0.4) is 0 Å². The number of halogens is 1. The number of hydrogen-bond acceptors (Lipinski definition) is 5. The van der Waals surface area contributed by atoms with Crippen LogP contribution in [0, 0.1) is 0 Å². The van der Waals surface area contributed by atoms with Gasteiger partial charge >= 0.3 is 12.1 Å². The summed E-state index contributed by atoms with van der Waals surface area (Å²) < 4.78 is 10.8. The van der Waals surface area contributed by atoms with E-state index < -0.39 is 30.3 Å².